The number of nitrogens with zero attached hydrogens (tertiary/aromatic N) is 3. The van der Waals surface area contributed by atoms with Crippen molar-refractivity contribution in [3.8, 4) is 0 Å². The fraction of sp³-hybridized carbons (Fsp3) is 0.421. The Morgan fingerprint density at radius 2 is 2.23 bits per heavy atom. The molecule has 138 valence electrons. The molecule has 5 nitrogen and oxygen atoms in total. The minimum atomic E-state index is -0.104. The molecule has 1 aromatic carbocycles. The van der Waals surface area contributed by atoms with E-state index in [1.165, 1.54) is 24.6 Å². The van der Waals surface area contributed by atoms with E-state index in [0.717, 1.165) is 29.5 Å². The van der Waals surface area contributed by atoms with Crippen molar-refractivity contribution in [2.24, 2.45) is 5.92 Å². The lowest BCUT2D eigenvalue weighted by atomic mass is 10.0. The van der Waals surface area contributed by atoms with Crippen molar-refractivity contribution in [3.05, 3.63) is 41.2 Å². The number of halogens is 1. The molecule has 0 bridgehead atoms. The van der Waals surface area contributed by atoms with Crippen LogP contribution in [-0.2, 0) is 4.79 Å². The smallest absolute Gasteiger partial charge is 0.234 e. The number of carbonyl (C=O) groups excluding carboxylic acids is 1. The highest BCUT2D eigenvalue weighted by molar-refractivity contribution is 7.99. The summed E-state index contributed by atoms with van der Waals surface area (Å²) in [6, 6.07) is 7.54. The van der Waals surface area contributed by atoms with E-state index in [1.54, 1.807) is 6.33 Å². The average molecular weight is 391 g/mol. The van der Waals surface area contributed by atoms with Gasteiger partial charge >= 0.3 is 0 Å². The van der Waals surface area contributed by atoms with Gasteiger partial charge in [-0.1, -0.05) is 36.4 Å². The molecular formula is C19H23ClN4OS. The van der Waals surface area contributed by atoms with Crippen LogP contribution in [0.3, 0.4) is 0 Å². The summed E-state index contributed by atoms with van der Waals surface area (Å²) < 4.78 is 0. The third-order valence-corrected chi connectivity index (χ3v) is 5.60. The molecule has 2 heterocycles. The molecule has 1 N–H and O–H groups in total. The van der Waals surface area contributed by atoms with Crippen LogP contribution in [0, 0.1) is 12.8 Å². The number of thioether (sulfide) groups is 1. The number of aromatic nitrogens is 2. The Kier molecular flexibility index (Phi) is 6.38. The molecule has 1 aromatic heterocycles. The molecule has 1 atom stereocenters. The van der Waals surface area contributed by atoms with Gasteiger partial charge in [-0.15, -0.1) is 0 Å². The van der Waals surface area contributed by atoms with Crippen LogP contribution < -0.4 is 10.2 Å². The van der Waals surface area contributed by atoms with E-state index in [1.807, 2.05) is 31.2 Å². The standard InChI is InChI=1S/C19H23ClN4OS/c1-13-5-6-16(15(20)8-13)23-18(25)11-26-19-9-17(21-12-22-19)24-7-3-4-14(2)10-24/h5-6,8-9,12,14H,3-4,7,10-11H2,1-2H3,(H,23,25)/t14-/m0/s1. The van der Waals surface area contributed by atoms with Gasteiger partial charge < -0.3 is 10.2 Å². The largest absolute Gasteiger partial charge is 0.356 e. The zero-order valence-electron chi connectivity index (χ0n) is 15.0. The van der Waals surface area contributed by atoms with E-state index in [9.17, 15) is 4.79 Å². The van der Waals surface area contributed by atoms with Crippen molar-refractivity contribution >= 4 is 40.8 Å². The highest BCUT2D eigenvalue weighted by Crippen LogP contribution is 2.25. The fourth-order valence-electron chi connectivity index (χ4n) is 3.03. The predicted molar refractivity (Wildman–Crippen MR) is 108 cm³/mol. The van der Waals surface area contributed by atoms with Gasteiger partial charge in [0, 0.05) is 19.2 Å². The van der Waals surface area contributed by atoms with Crippen molar-refractivity contribution in [1.82, 2.24) is 9.97 Å². The van der Waals surface area contributed by atoms with E-state index in [0.29, 0.717) is 16.6 Å². The van der Waals surface area contributed by atoms with Gasteiger partial charge in [0.15, 0.2) is 0 Å². The van der Waals surface area contributed by atoms with Crippen molar-refractivity contribution in [1.29, 1.82) is 0 Å². The molecule has 3 rings (SSSR count). The van der Waals surface area contributed by atoms with Crippen LogP contribution in [0.5, 0.6) is 0 Å². The van der Waals surface area contributed by atoms with E-state index < -0.39 is 0 Å². The lowest BCUT2D eigenvalue weighted by Gasteiger charge is -2.31. The number of hydrogen-bond donors (Lipinski definition) is 1. The van der Waals surface area contributed by atoms with Crippen LogP contribution in [0.2, 0.25) is 5.02 Å². The normalized spacial score (nSPS) is 17.2. The number of benzene rings is 1. The van der Waals surface area contributed by atoms with Crippen LogP contribution in [-0.4, -0.2) is 34.7 Å². The maximum atomic E-state index is 12.2. The van der Waals surface area contributed by atoms with Crippen molar-refractivity contribution in [2.75, 3.05) is 29.1 Å². The summed E-state index contributed by atoms with van der Waals surface area (Å²) in [7, 11) is 0. The highest BCUT2D eigenvalue weighted by atomic mass is 35.5. The van der Waals surface area contributed by atoms with Gasteiger partial charge in [-0.3, -0.25) is 4.79 Å². The van der Waals surface area contributed by atoms with Crippen LogP contribution in [0.4, 0.5) is 11.5 Å². The van der Waals surface area contributed by atoms with Crippen molar-refractivity contribution in [3.63, 3.8) is 0 Å². The Bertz CT molecular complexity index is 786. The minimum Gasteiger partial charge on any atom is -0.356 e. The van der Waals surface area contributed by atoms with Gasteiger partial charge in [0.25, 0.3) is 0 Å². The van der Waals surface area contributed by atoms with Crippen molar-refractivity contribution < 1.29 is 4.79 Å². The molecule has 0 radical (unpaired) electrons. The first-order valence-corrected chi connectivity index (χ1v) is 10.1. The SMILES string of the molecule is Cc1ccc(NC(=O)CSc2cc(N3CCC[C@H](C)C3)ncn2)c(Cl)c1. The molecule has 0 aliphatic carbocycles. The van der Waals surface area contributed by atoms with Crippen LogP contribution in [0.1, 0.15) is 25.3 Å². The summed E-state index contributed by atoms with van der Waals surface area (Å²) in [5, 5.41) is 4.20. The quantitative estimate of drug-likeness (QED) is 0.605. The zero-order chi connectivity index (χ0) is 18.5. The molecule has 0 spiro atoms. The number of hydrogen-bond acceptors (Lipinski definition) is 5. The minimum absolute atomic E-state index is 0.104. The molecule has 26 heavy (non-hydrogen) atoms. The second kappa shape index (κ2) is 8.73. The molecule has 1 fully saturated rings. The summed E-state index contributed by atoms with van der Waals surface area (Å²) in [6.45, 7) is 6.28. The number of nitrogens with one attached hydrogen (secondary N) is 1. The van der Waals surface area contributed by atoms with E-state index in [2.05, 4.69) is 27.1 Å². The van der Waals surface area contributed by atoms with Crippen LogP contribution >= 0.6 is 23.4 Å². The van der Waals surface area contributed by atoms with Gasteiger partial charge in [0.05, 0.1) is 16.5 Å². The Hall–Kier alpha value is -1.79. The highest BCUT2D eigenvalue weighted by Gasteiger charge is 2.18. The summed E-state index contributed by atoms with van der Waals surface area (Å²) >= 11 is 7.56. The molecule has 1 aliphatic heterocycles. The Balaban J connectivity index is 1.57. The Morgan fingerprint density at radius 1 is 1.38 bits per heavy atom. The zero-order valence-corrected chi connectivity index (χ0v) is 16.6. The third-order valence-electron chi connectivity index (χ3n) is 4.36. The summed E-state index contributed by atoms with van der Waals surface area (Å²) in [6.07, 6.45) is 4.03. The third kappa shape index (κ3) is 5.11. The second-order valence-corrected chi connectivity index (χ2v) is 8.13. The van der Waals surface area contributed by atoms with Crippen LogP contribution in [0.25, 0.3) is 0 Å². The monoisotopic (exact) mass is 390 g/mol. The number of rotatable bonds is 5. The summed E-state index contributed by atoms with van der Waals surface area (Å²) in [5.41, 5.74) is 1.69. The maximum Gasteiger partial charge on any atom is 0.234 e. The molecule has 2 aromatic rings. The molecule has 1 aliphatic rings. The maximum absolute atomic E-state index is 12.2. The number of aryl methyl sites for hydroxylation is 1. The lowest BCUT2D eigenvalue weighted by Crippen LogP contribution is -2.34. The summed E-state index contributed by atoms with van der Waals surface area (Å²) in [5.74, 6) is 1.79. The second-order valence-electron chi connectivity index (χ2n) is 6.73. The Morgan fingerprint density at radius 3 is 3.00 bits per heavy atom. The van der Waals surface area contributed by atoms with E-state index in [4.69, 9.17) is 11.6 Å². The molecule has 7 heteroatoms. The Labute approximate surface area is 163 Å². The number of anilines is 2. The molecular weight excluding hydrogens is 368 g/mol. The molecule has 0 unspecified atom stereocenters. The average Bonchev–Trinajstić information content (AvgIpc) is 2.63. The number of piperidine rings is 1. The summed E-state index contributed by atoms with van der Waals surface area (Å²) in [4.78, 5) is 23.2. The first-order chi connectivity index (χ1) is 12.5. The molecule has 1 saturated heterocycles. The number of carbonyl (C=O) groups is 1. The first kappa shape index (κ1) is 19.0. The molecule has 0 saturated carbocycles. The van der Waals surface area contributed by atoms with Crippen molar-refractivity contribution in [2.45, 2.75) is 31.7 Å². The topological polar surface area (TPSA) is 58.1 Å². The van der Waals surface area contributed by atoms with Gasteiger partial charge in [0.2, 0.25) is 5.91 Å². The van der Waals surface area contributed by atoms with E-state index >= 15 is 0 Å². The van der Waals surface area contributed by atoms with Gasteiger partial charge in [-0.05, 0) is 43.4 Å². The fourth-order valence-corrected chi connectivity index (χ4v) is 3.97. The predicted octanol–water partition coefficient (Wildman–Crippen LogP) is 4.41. The first-order valence-electron chi connectivity index (χ1n) is 8.77. The molecule has 1 amide bonds. The van der Waals surface area contributed by atoms with Gasteiger partial charge in [-0.25, -0.2) is 9.97 Å². The van der Waals surface area contributed by atoms with Crippen LogP contribution in [0.15, 0.2) is 35.6 Å². The number of amides is 1. The van der Waals surface area contributed by atoms with E-state index in [-0.39, 0.29) is 11.7 Å². The van der Waals surface area contributed by atoms with Gasteiger partial charge in [0.1, 0.15) is 17.2 Å². The van der Waals surface area contributed by atoms with Gasteiger partial charge in [-0.2, -0.15) is 0 Å². The lowest BCUT2D eigenvalue weighted by molar-refractivity contribution is -0.113.